The first-order valence-electron chi connectivity index (χ1n) is 8.06. The van der Waals surface area contributed by atoms with Crippen molar-refractivity contribution in [2.24, 2.45) is 5.92 Å². The largest absolute Gasteiger partial charge is 0.401 e. The Balaban J connectivity index is 1.47. The quantitative estimate of drug-likeness (QED) is 0.899. The molecule has 24 heavy (non-hydrogen) atoms. The molecule has 1 fully saturated rings. The molecule has 2 aromatic rings. The molecule has 0 bridgehead atoms. The first kappa shape index (κ1) is 16.8. The van der Waals surface area contributed by atoms with Gasteiger partial charge in [0.1, 0.15) is 5.69 Å². The van der Waals surface area contributed by atoms with Crippen LogP contribution in [0.15, 0.2) is 30.3 Å². The van der Waals surface area contributed by atoms with E-state index in [1.807, 2.05) is 24.3 Å². The summed E-state index contributed by atoms with van der Waals surface area (Å²) in [7, 11) is 0. The fourth-order valence-electron chi connectivity index (χ4n) is 3.13. The van der Waals surface area contributed by atoms with Gasteiger partial charge in [0.05, 0.1) is 6.54 Å². The molecule has 1 aliphatic rings. The Kier molecular flexibility index (Phi) is 4.80. The van der Waals surface area contributed by atoms with Crippen LogP contribution in [0.25, 0.3) is 10.9 Å². The lowest BCUT2D eigenvalue weighted by atomic mass is 9.97. The lowest BCUT2D eigenvalue weighted by Crippen LogP contribution is -2.42. The van der Waals surface area contributed by atoms with Crippen LogP contribution < -0.4 is 5.32 Å². The van der Waals surface area contributed by atoms with Gasteiger partial charge in [0.25, 0.3) is 5.91 Å². The molecule has 130 valence electrons. The number of nitrogens with one attached hydrogen (secondary N) is 2. The number of amides is 1. The number of aromatic amines is 1. The van der Waals surface area contributed by atoms with Crippen molar-refractivity contribution >= 4 is 16.8 Å². The number of benzene rings is 1. The van der Waals surface area contributed by atoms with Crippen LogP contribution in [0.4, 0.5) is 13.2 Å². The molecule has 1 aromatic carbocycles. The molecule has 0 radical (unpaired) electrons. The standard InChI is InChI=1S/C17H20F3N3O/c18-17(19,20)11-23-7-5-12(6-8-23)10-21-16(24)15-9-13-3-1-2-4-14(13)22-15/h1-4,9,12,22H,5-8,10-11H2,(H,21,24). The summed E-state index contributed by atoms with van der Waals surface area (Å²) in [6, 6.07) is 9.44. The number of hydrogen-bond donors (Lipinski definition) is 2. The van der Waals surface area contributed by atoms with Crippen molar-refractivity contribution in [3.8, 4) is 0 Å². The van der Waals surface area contributed by atoms with Gasteiger partial charge in [0.2, 0.25) is 0 Å². The minimum atomic E-state index is -4.14. The van der Waals surface area contributed by atoms with Gasteiger partial charge < -0.3 is 10.3 Å². The number of carbonyl (C=O) groups is 1. The van der Waals surface area contributed by atoms with Crippen LogP contribution in [0.2, 0.25) is 0 Å². The fraction of sp³-hybridized carbons (Fsp3) is 0.471. The van der Waals surface area contributed by atoms with Crippen LogP contribution in [-0.4, -0.2) is 48.1 Å². The topological polar surface area (TPSA) is 48.1 Å². The van der Waals surface area contributed by atoms with Gasteiger partial charge in [-0.15, -0.1) is 0 Å². The average Bonchev–Trinajstić information content (AvgIpc) is 2.96. The van der Waals surface area contributed by atoms with Gasteiger partial charge in [0, 0.05) is 17.4 Å². The summed E-state index contributed by atoms with van der Waals surface area (Å²) < 4.78 is 37.1. The first-order valence-corrected chi connectivity index (χ1v) is 8.06. The molecule has 3 rings (SSSR count). The molecule has 1 aromatic heterocycles. The van der Waals surface area contributed by atoms with E-state index in [1.165, 1.54) is 4.90 Å². The highest BCUT2D eigenvalue weighted by molar-refractivity contribution is 5.97. The molecule has 0 spiro atoms. The zero-order valence-electron chi connectivity index (χ0n) is 13.2. The number of nitrogens with zero attached hydrogens (tertiary/aromatic N) is 1. The van der Waals surface area contributed by atoms with Crippen molar-refractivity contribution in [1.82, 2.24) is 15.2 Å². The van der Waals surface area contributed by atoms with Gasteiger partial charge in [-0.3, -0.25) is 9.69 Å². The first-order chi connectivity index (χ1) is 11.4. The van der Waals surface area contributed by atoms with Gasteiger partial charge in [-0.2, -0.15) is 13.2 Å². The van der Waals surface area contributed by atoms with Crippen LogP contribution >= 0.6 is 0 Å². The number of fused-ring (bicyclic) bond motifs is 1. The molecule has 1 aliphatic heterocycles. The van der Waals surface area contributed by atoms with Crippen molar-refractivity contribution in [2.75, 3.05) is 26.2 Å². The number of rotatable bonds is 4. The summed E-state index contributed by atoms with van der Waals surface area (Å²) in [5.41, 5.74) is 1.41. The highest BCUT2D eigenvalue weighted by Crippen LogP contribution is 2.22. The Morgan fingerprint density at radius 3 is 2.62 bits per heavy atom. The second-order valence-corrected chi connectivity index (χ2v) is 6.31. The molecule has 2 N–H and O–H groups in total. The van der Waals surface area contributed by atoms with Crippen molar-refractivity contribution in [1.29, 1.82) is 0 Å². The van der Waals surface area contributed by atoms with E-state index in [-0.39, 0.29) is 11.8 Å². The molecule has 0 atom stereocenters. The lowest BCUT2D eigenvalue weighted by Gasteiger charge is -2.32. The van der Waals surface area contributed by atoms with E-state index >= 15 is 0 Å². The average molecular weight is 339 g/mol. The molecule has 1 saturated heterocycles. The third-order valence-corrected chi connectivity index (χ3v) is 4.44. The van der Waals surface area contributed by atoms with Gasteiger partial charge in [0.15, 0.2) is 0 Å². The summed E-state index contributed by atoms with van der Waals surface area (Å²) >= 11 is 0. The Morgan fingerprint density at radius 2 is 1.96 bits per heavy atom. The Hall–Kier alpha value is -2.02. The van der Waals surface area contributed by atoms with Gasteiger partial charge in [-0.25, -0.2) is 0 Å². The molecular weight excluding hydrogens is 319 g/mol. The number of aromatic nitrogens is 1. The van der Waals surface area contributed by atoms with E-state index in [2.05, 4.69) is 10.3 Å². The van der Waals surface area contributed by atoms with Crippen LogP contribution in [0.1, 0.15) is 23.3 Å². The van der Waals surface area contributed by atoms with Crippen LogP contribution in [-0.2, 0) is 0 Å². The predicted molar refractivity (Wildman–Crippen MR) is 85.9 cm³/mol. The number of halogens is 3. The molecule has 0 unspecified atom stereocenters. The van der Waals surface area contributed by atoms with Gasteiger partial charge >= 0.3 is 6.18 Å². The second kappa shape index (κ2) is 6.84. The Bertz CT molecular complexity index is 669. The molecule has 2 heterocycles. The van der Waals surface area contributed by atoms with E-state index in [0.29, 0.717) is 38.2 Å². The van der Waals surface area contributed by atoms with E-state index in [0.717, 1.165) is 10.9 Å². The normalized spacial score (nSPS) is 17.3. The lowest BCUT2D eigenvalue weighted by molar-refractivity contribution is -0.148. The number of hydrogen-bond acceptors (Lipinski definition) is 2. The summed E-state index contributed by atoms with van der Waals surface area (Å²) in [4.78, 5) is 16.7. The minimum absolute atomic E-state index is 0.177. The zero-order valence-corrected chi connectivity index (χ0v) is 13.2. The van der Waals surface area contributed by atoms with E-state index < -0.39 is 12.7 Å². The van der Waals surface area contributed by atoms with E-state index in [1.54, 1.807) is 6.07 Å². The predicted octanol–water partition coefficient (Wildman–Crippen LogP) is 3.17. The molecule has 0 saturated carbocycles. The van der Waals surface area contributed by atoms with Crippen molar-refractivity contribution in [2.45, 2.75) is 19.0 Å². The highest BCUT2D eigenvalue weighted by atomic mass is 19.4. The van der Waals surface area contributed by atoms with Crippen molar-refractivity contribution in [3.05, 3.63) is 36.0 Å². The summed E-state index contributed by atoms with van der Waals surface area (Å²) in [6.45, 7) is 0.494. The van der Waals surface area contributed by atoms with Crippen molar-refractivity contribution < 1.29 is 18.0 Å². The Morgan fingerprint density at radius 1 is 1.25 bits per heavy atom. The highest BCUT2D eigenvalue weighted by Gasteiger charge is 2.32. The molecule has 7 heteroatoms. The molecule has 1 amide bonds. The van der Waals surface area contributed by atoms with E-state index in [4.69, 9.17) is 0 Å². The number of alkyl halides is 3. The number of likely N-dealkylation sites (tertiary alicyclic amines) is 1. The van der Waals surface area contributed by atoms with Crippen molar-refractivity contribution in [3.63, 3.8) is 0 Å². The number of para-hydroxylation sites is 1. The van der Waals surface area contributed by atoms with E-state index in [9.17, 15) is 18.0 Å². The molecule has 0 aliphatic carbocycles. The maximum Gasteiger partial charge on any atom is 0.401 e. The molecule has 4 nitrogen and oxygen atoms in total. The maximum absolute atomic E-state index is 12.4. The maximum atomic E-state index is 12.4. The summed E-state index contributed by atoms with van der Waals surface area (Å²) in [5.74, 6) is 0.0479. The zero-order chi connectivity index (χ0) is 17.2. The monoisotopic (exact) mass is 339 g/mol. The third-order valence-electron chi connectivity index (χ3n) is 4.44. The molecular formula is C17H20F3N3O. The summed E-state index contributed by atoms with van der Waals surface area (Å²) in [5, 5.41) is 3.86. The fourth-order valence-corrected chi connectivity index (χ4v) is 3.13. The van der Waals surface area contributed by atoms with Gasteiger partial charge in [-0.05, 0) is 44.0 Å². The number of carbonyl (C=O) groups excluding carboxylic acids is 1. The number of piperidine rings is 1. The minimum Gasteiger partial charge on any atom is -0.351 e. The van der Waals surface area contributed by atoms with Crippen LogP contribution in [0.3, 0.4) is 0 Å². The third kappa shape index (κ3) is 4.29. The number of H-pyrrole nitrogens is 1. The van der Waals surface area contributed by atoms with Crippen LogP contribution in [0, 0.1) is 5.92 Å². The SMILES string of the molecule is O=C(NCC1CCN(CC(F)(F)F)CC1)c1cc2ccccc2[nH]1. The smallest absolute Gasteiger partial charge is 0.351 e. The van der Waals surface area contributed by atoms with Crippen LogP contribution in [0.5, 0.6) is 0 Å². The Labute approximate surface area is 138 Å². The summed E-state index contributed by atoms with van der Waals surface area (Å²) in [6.07, 6.45) is -2.80. The van der Waals surface area contributed by atoms with Gasteiger partial charge in [-0.1, -0.05) is 18.2 Å². The second-order valence-electron chi connectivity index (χ2n) is 6.31.